The van der Waals surface area contributed by atoms with Crippen LogP contribution in [0.2, 0.25) is 0 Å². The normalized spacial score (nSPS) is 8.86. The molecule has 0 radical (unpaired) electrons. The smallest absolute Gasteiger partial charge is 0.00405 e. The van der Waals surface area contributed by atoms with Crippen LogP contribution < -0.4 is 0 Å². The van der Waals surface area contributed by atoms with Gasteiger partial charge in [-0.1, -0.05) is 58.0 Å². The highest BCUT2D eigenvalue weighted by molar-refractivity contribution is 7.90. The summed E-state index contributed by atoms with van der Waals surface area (Å²) >= 11 is 4.18. The minimum atomic E-state index is 0.832. The van der Waals surface area contributed by atoms with E-state index in [9.17, 15) is 0 Å². The maximum Gasteiger partial charge on any atom is 0.00405 e. The molecular weight excluding hydrogens is 188 g/mol. The number of aryl methyl sites for hydroxylation is 1. The summed E-state index contributed by atoms with van der Waals surface area (Å²) in [6.07, 6.45) is 2.35. The van der Waals surface area contributed by atoms with Crippen molar-refractivity contribution in [1.82, 2.24) is 0 Å². The lowest BCUT2D eigenvalue weighted by atomic mass is 10.1. The van der Waals surface area contributed by atoms with Crippen LogP contribution in [0.5, 0.6) is 0 Å². The molecule has 0 heterocycles. The highest BCUT2D eigenvalue weighted by atomic mass is 32.1. The Balaban J connectivity index is 0.000000791. The zero-order chi connectivity index (χ0) is 11.0. The quantitative estimate of drug-likeness (QED) is 0.691. The lowest BCUT2D eigenvalue weighted by molar-refractivity contribution is 0.922. The van der Waals surface area contributed by atoms with Crippen molar-refractivity contribution in [3.63, 3.8) is 0 Å². The molecule has 1 heteroatoms. The predicted molar refractivity (Wildman–Crippen MR) is 69.8 cm³/mol. The van der Waals surface area contributed by atoms with Gasteiger partial charge in [0, 0.05) is 4.91 Å². The van der Waals surface area contributed by atoms with E-state index >= 15 is 0 Å². The van der Waals surface area contributed by atoms with Crippen LogP contribution in [0.1, 0.15) is 38.3 Å². The summed E-state index contributed by atoms with van der Waals surface area (Å²) in [7, 11) is 0. The first-order valence-corrected chi connectivity index (χ1v) is 5.66. The van der Waals surface area contributed by atoms with Crippen molar-refractivity contribution >= 4 is 17.5 Å². The molecule has 0 N–H and O–H groups in total. The molecule has 0 fully saturated rings. The SMILES string of the molecule is C=C(S)c1ccc(CCC)cc1.CC. The maximum atomic E-state index is 4.18. The van der Waals surface area contributed by atoms with Gasteiger partial charge in [0.15, 0.2) is 0 Å². The molecule has 0 aromatic heterocycles. The number of benzene rings is 1. The van der Waals surface area contributed by atoms with E-state index in [1.165, 1.54) is 12.0 Å². The Labute approximate surface area is 93.5 Å². The summed E-state index contributed by atoms with van der Waals surface area (Å²) in [6, 6.07) is 8.42. The second kappa shape index (κ2) is 7.69. The molecule has 0 spiro atoms. The van der Waals surface area contributed by atoms with Crippen molar-refractivity contribution in [2.45, 2.75) is 33.6 Å². The van der Waals surface area contributed by atoms with Crippen LogP contribution in [0.3, 0.4) is 0 Å². The molecule has 0 saturated heterocycles. The Bertz CT molecular complexity index is 259. The molecule has 78 valence electrons. The van der Waals surface area contributed by atoms with Crippen molar-refractivity contribution in [2.24, 2.45) is 0 Å². The monoisotopic (exact) mass is 208 g/mol. The summed E-state index contributed by atoms with van der Waals surface area (Å²) in [5, 5.41) is 0. The van der Waals surface area contributed by atoms with Gasteiger partial charge in [-0.3, -0.25) is 0 Å². The van der Waals surface area contributed by atoms with Gasteiger partial charge in [-0.05, 0) is 17.5 Å². The molecule has 0 aliphatic rings. The van der Waals surface area contributed by atoms with Crippen LogP contribution >= 0.6 is 12.6 Å². The van der Waals surface area contributed by atoms with E-state index < -0.39 is 0 Å². The number of hydrogen-bond donors (Lipinski definition) is 1. The Morgan fingerprint density at radius 3 is 2.07 bits per heavy atom. The van der Waals surface area contributed by atoms with Crippen LogP contribution in [0.15, 0.2) is 30.8 Å². The Morgan fingerprint density at radius 1 is 1.21 bits per heavy atom. The molecule has 0 nitrogen and oxygen atoms in total. The molecule has 1 rings (SSSR count). The summed E-state index contributed by atoms with van der Waals surface area (Å²) in [5.41, 5.74) is 2.49. The fraction of sp³-hybridized carbons (Fsp3) is 0.385. The van der Waals surface area contributed by atoms with Gasteiger partial charge in [0.05, 0.1) is 0 Å². The molecule has 0 bridgehead atoms. The fourth-order valence-corrected chi connectivity index (χ4v) is 1.30. The number of rotatable bonds is 3. The van der Waals surface area contributed by atoms with Crippen molar-refractivity contribution in [3.05, 3.63) is 42.0 Å². The average Bonchev–Trinajstić information content (AvgIpc) is 2.22. The van der Waals surface area contributed by atoms with Gasteiger partial charge < -0.3 is 0 Å². The molecule has 0 atom stereocenters. The highest BCUT2D eigenvalue weighted by Crippen LogP contribution is 2.16. The van der Waals surface area contributed by atoms with Crippen LogP contribution in [0, 0.1) is 0 Å². The van der Waals surface area contributed by atoms with E-state index in [0.717, 1.165) is 16.9 Å². The Hall–Kier alpha value is -0.690. The van der Waals surface area contributed by atoms with Gasteiger partial charge in [-0.2, -0.15) is 0 Å². The molecular formula is C13H20S. The molecule has 0 aliphatic carbocycles. The molecule has 1 aromatic rings. The Morgan fingerprint density at radius 2 is 1.71 bits per heavy atom. The van der Waals surface area contributed by atoms with E-state index in [1.807, 2.05) is 13.8 Å². The zero-order valence-electron chi connectivity index (χ0n) is 9.38. The fourth-order valence-electron chi connectivity index (χ4n) is 1.15. The van der Waals surface area contributed by atoms with Gasteiger partial charge in [-0.25, -0.2) is 0 Å². The second-order valence-electron chi connectivity index (χ2n) is 2.89. The number of hydrogen-bond acceptors (Lipinski definition) is 1. The molecule has 0 saturated carbocycles. The van der Waals surface area contributed by atoms with Gasteiger partial charge in [0.1, 0.15) is 0 Å². The van der Waals surface area contributed by atoms with Crippen LogP contribution in [-0.2, 0) is 6.42 Å². The van der Waals surface area contributed by atoms with Crippen LogP contribution in [0.4, 0.5) is 0 Å². The maximum absolute atomic E-state index is 4.18. The standard InChI is InChI=1S/C11H14S.C2H6/c1-3-4-10-5-7-11(8-6-10)9(2)12;1-2/h5-8,12H,2-4H2,1H3;1-2H3. The van der Waals surface area contributed by atoms with Crippen molar-refractivity contribution < 1.29 is 0 Å². The summed E-state index contributed by atoms with van der Waals surface area (Å²) in [4.78, 5) is 0.832. The predicted octanol–water partition coefficient (Wildman–Crippen LogP) is 4.57. The molecule has 14 heavy (non-hydrogen) atoms. The minimum absolute atomic E-state index is 0.832. The summed E-state index contributed by atoms with van der Waals surface area (Å²) in [5.74, 6) is 0. The van der Waals surface area contributed by atoms with Gasteiger partial charge in [0.2, 0.25) is 0 Å². The van der Waals surface area contributed by atoms with E-state index in [-0.39, 0.29) is 0 Å². The summed E-state index contributed by atoms with van der Waals surface area (Å²) < 4.78 is 0. The first-order valence-electron chi connectivity index (χ1n) is 5.21. The topological polar surface area (TPSA) is 0 Å². The van der Waals surface area contributed by atoms with E-state index in [4.69, 9.17) is 0 Å². The third-order valence-electron chi connectivity index (χ3n) is 1.83. The average molecular weight is 208 g/mol. The van der Waals surface area contributed by atoms with Crippen LogP contribution in [-0.4, -0.2) is 0 Å². The highest BCUT2D eigenvalue weighted by Gasteiger charge is 1.93. The van der Waals surface area contributed by atoms with Crippen molar-refractivity contribution in [3.8, 4) is 0 Å². The first-order chi connectivity index (χ1) is 6.74. The van der Waals surface area contributed by atoms with Crippen molar-refractivity contribution in [1.29, 1.82) is 0 Å². The Kier molecular flexibility index (Phi) is 7.31. The third-order valence-corrected chi connectivity index (χ3v) is 2.08. The minimum Gasteiger partial charge on any atom is -0.143 e. The zero-order valence-corrected chi connectivity index (χ0v) is 10.3. The largest absolute Gasteiger partial charge is 0.143 e. The molecule has 0 amide bonds. The number of thiol groups is 1. The van der Waals surface area contributed by atoms with Gasteiger partial charge in [-0.15, -0.1) is 12.6 Å². The first kappa shape index (κ1) is 13.3. The van der Waals surface area contributed by atoms with E-state index in [0.29, 0.717) is 0 Å². The van der Waals surface area contributed by atoms with Gasteiger partial charge >= 0.3 is 0 Å². The molecule has 0 aliphatic heterocycles. The summed E-state index contributed by atoms with van der Waals surface area (Å²) in [6.45, 7) is 9.95. The van der Waals surface area contributed by atoms with E-state index in [1.54, 1.807) is 0 Å². The van der Waals surface area contributed by atoms with Gasteiger partial charge in [0.25, 0.3) is 0 Å². The molecule has 1 aromatic carbocycles. The van der Waals surface area contributed by atoms with Crippen molar-refractivity contribution in [2.75, 3.05) is 0 Å². The second-order valence-corrected chi connectivity index (χ2v) is 3.43. The van der Waals surface area contributed by atoms with E-state index in [2.05, 4.69) is 50.4 Å². The lowest BCUT2D eigenvalue weighted by Gasteiger charge is -2.01. The molecule has 0 unspecified atom stereocenters. The van der Waals surface area contributed by atoms with Crippen LogP contribution in [0.25, 0.3) is 4.91 Å². The lowest BCUT2D eigenvalue weighted by Crippen LogP contribution is -1.83. The third kappa shape index (κ3) is 4.52.